The van der Waals surface area contributed by atoms with E-state index in [-0.39, 0.29) is 11.4 Å². The molecule has 2 fully saturated rings. The molecule has 0 aromatic rings. The lowest BCUT2D eigenvalue weighted by atomic mass is 9.80. The highest BCUT2D eigenvalue weighted by atomic mass is 16.1. The van der Waals surface area contributed by atoms with E-state index in [1.807, 2.05) is 0 Å². The highest BCUT2D eigenvalue weighted by Gasteiger charge is 2.38. The molecular formula is C13H24N2O. The molecule has 3 nitrogen and oxygen atoms in total. The van der Waals surface area contributed by atoms with Crippen molar-refractivity contribution >= 4 is 5.91 Å². The summed E-state index contributed by atoms with van der Waals surface area (Å²) in [6.45, 7) is 2.95. The van der Waals surface area contributed by atoms with Crippen LogP contribution in [0.3, 0.4) is 0 Å². The maximum atomic E-state index is 11.8. The zero-order valence-electron chi connectivity index (χ0n) is 10.3. The van der Waals surface area contributed by atoms with Gasteiger partial charge in [0, 0.05) is 12.0 Å². The number of carbonyl (C=O) groups is 1. The number of nitrogens with two attached hydrogens (primary N) is 1. The Morgan fingerprint density at radius 2 is 1.81 bits per heavy atom. The third-order valence-electron chi connectivity index (χ3n) is 4.21. The van der Waals surface area contributed by atoms with E-state index in [4.69, 9.17) is 5.73 Å². The molecule has 2 saturated carbocycles. The van der Waals surface area contributed by atoms with Gasteiger partial charge in [0.1, 0.15) is 0 Å². The molecule has 0 aromatic heterocycles. The van der Waals surface area contributed by atoms with Crippen LogP contribution in [0.25, 0.3) is 0 Å². The lowest BCUT2D eigenvalue weighted by molar-refractivity contribution is -0.123. The first kappa shape index (κ1) is 11.9. The predicted octanol–water partition coefficient (Wildman–Crippen LogP) is 1.81. The van der Waals surface area contributed by atoms with Gasteiger partial charge in [-0.3, -0.25) is 4.79 Å². The molecule has 16 heavy (non-hydrogen) atoms. The van der Waals surface area contributed by atoms with Gasteiger partial charge in [-0.05, 0) is 63.8 Å². The first-order valence-electron chi connectivity index (χ1n) is 6.62. The lowest BCUT2D eigenvalue weighted by Gasteiger charge is -2.27. The summed E-state index contributed by atoms with van der Waals surface area (Å²) in [6, 6.07) is 0. The van der Waals surface area contributed by atoms with Gasteiger partial charge in [-0.15, -0.1) is 0 Å². The Labute approximate surface area is 98.2 Å². The summed E-state index contributed by atoms with van der Waals surface area (Å²) in [5, 5.41) is 3.14. The van der Waals surface area contributed by atoms with E-state index in [0.717, 1.165) is 25.8 Å². The van der Waals surface area contributed by atoms with Crippen LogP contribution in [0, 0.1) is 11.8 Å². The number of rotatable bonds is 4. The molecule has 0 spiro atoms. The molecule has 0 bridgehead atoms. The monoisotopic (exact) mass is 224 g/mol. The van der Waals surface area contributed by atoms with Gasteiger partial charge in [-0.1, -0.05) is 0 Å². The normalized spacial score (nSPS) is 32.1. The fourth-order valence-corrected chi connectivity index (χ4v) is 2.63. The minimum Gasteiger partial charge on any atom is -0.351 e. The van der Waals surface area contributed by atoms with E-state index in [2.05, 4.69) is 12.2 Å². The van der Waals surface area contributed by atoms with E-state index in [1.54, 1.807) is 0 Å². The molecule has 0 saturated heterocycles. The molecule has 0 aliphatic heterocycles. The Morgan fingerprint density at radius 1 is 1.25 bits per heavy atom. The molecule has 0 atom stereocenters. The maximum Gasteiger partial charge on any atom is 0.220 e. The van der Waals surface area contributed by atoms with Crippen LogP contribution in [0.5, 0.6) is 0 Å². The Bertz CT molecular complexity index is 253. The van der Waals surface area contributed by atoms with E-state index in [0.29, 0.717) is 11.8 Å². The zero-order chi connectivity index (χ0) is 11.6. The second kappa shape index (κ2) is 4.74. The SMILES string of the molecule is CC1(NC(=O)CC2CCC(CN)CC2)CC1. The van der Waals surface area contributed by atoms with Crippen molar-refractivity contribution in [1.29, 1.82) is 0 Å². The van der Waals surface area contributed by atoms with E-state index in [9.17, 15) is 4.79 Å². The van der Waals surface area contributed by atoms with Crippen LogP contribution < -0.4 is 11.1 Å². The summed E-state index contributed by atoms with van der Waals surface area (Å²) in [6.07, 6.45) is 7.83. The van der Waals surface area contributed by atoms with Gasteiger partial charge in [0.15, 0.2) is 0 Å². The fourth-order valence-electron chi connectivity index (χ4n) is 2.63. The number of carbonyl (C=O) groups excluding carboxylic acids is 1. The van der Waals surface area contributed by atoms with Gasteiger partial charge < -0.3 is 11.1 Å². The van der Waals surface area contributed by atoms with Gasteiger partial charge in [0.05, 0.1) is 0 Å². The summed E-state index contributed by atoms with van der Waals surface area (Å²) in [5.74, 6) is 1.57. The van der Waals surface area contributed by atoms with Gasteiger partial charge in [0.2, 0.25) is 5.91 Å². The Balaban J connectivity index is 1.68. The number of hydrogen-bond donors (Lipinski definition) is 2. The van der Waals surface area contributed by atoms with Crippen molar-refractivity contribution in [2.75, 3.05) is 6.54 Å². The molecule has 0 aromatic carbocycles. The van der Waals surface area contributed by atoms with Crippen LogP contribution in [0.15, 0.2) is 0 Å². The molecule has 2 aliphatic rings. The van der Waals surface area contributed by atoms with E-state index in [1.165, 1.54) is 25.7 Å². The van der Waals surface area contributed by atoms with Gasteiger partial charge in [0.25, 0.3) is 0 Å². The summed E-state index contributed by atoms with van der Waals surface area (Å²) < 4.78 is 0. The molecule has 1 amide bonds. The highest BCUT2D eigenvalue weighted by Crippen LogP contribution is 2.35. The van der Waals surface area contributed by atoms with Crippen LogP contribution in [0.4, 0.5) is 0 Å². The highest BCUT2D eigenvalue weighted by molar-refractivity contribution is 5.77. The predicted molar refractivity (Wildman–Crippen MR) is 64.9 cm³/mol. The van der Waals surface area contributed by atoms with E-state index >= 15 is 0 Å². The molecule has 3 N–H and O–H groups in total. The minimum atomic E-state index is 0.144. The van der Waals surface area contributed by atoms with Crippen molar-refractivity contribution in [2.24, 2.45) is 17.6 Å². The Kier molecular flexibility index (Phi) is 3.53. The van der Waals surface area contributed by atoms with Crippen molar-refractivity contribution in [2.45, 2.75) is 57.4 Å². The summed E-state index contributed by atoms with van der Waals surface area (Å²) in [5.41, 5.74) is 5.81. The molecule has 0 heterocycles. The molecular weight excluding hydrogens is 200 g/mol. The Morgan fingerprint density at radius 3 is 2.31 bits per heavy atom. The molecule has 2 rings (SSSR count). The average molecular weight is 224 g/mol. The fraction of sp³-hybridized carbons (Fsp3) is 0.923. The minimum absolute atomic E-state index is 0.144. The quantitative estimate of drug-likeness (QED) is 0.765. The molecule has 0 radical (unpaired) electrons. The van der Waals surface area contributed by atoms with Gasteiger partial charge in [-0.2, -0.15) is 0 Å². The van der Waals surface area contributed by atoms with Crippen LogP contribution in [0.1, 0.15) is 51.9 Å². The van der Waals surface area contributed by atoms with Gasteiger partial charge >= 0.3 is 0 Å². The van der Waals surface area contributed by atoms with Crippen LogP contribution in [-0.4, -0.2) is 18.0 Å². The summed E-state index contributed by atoms with van der Waals surface area (Å²) >= 11 is 0. The first-order valence-corrected chi connectivity index (χ1v) is 6.62. The molecule has 92 valence electrons. The van der Waals surface area contributed by atoms with Crippen LogP contribution in [0.2, 0.25) is 0 Å². The van der Waals surface area contributed by atoms with Crippen molar-refractivity contribution < 1.29 is 4.79 Å². The Hall–Kier alpha value is -0.570. The maximum absolute atomic E-state index is 11.8. The second-order valence-electron chi connectivity index (χ2n) is 5.94. The lowest BCUT2D eigenvalue weighted by Crippen LogP contribution is -2.36. The summed E-state index contributed by atoms with van der Waals surface area (Å²) in [4.78, 5) is 11.8. The average Bonchev–Trinajstić information content (AvgIpc) is 2.96. The zero-order valence-corrected chi connectivity index (χ0v) is 10.3. The largest absolute Gasteiger partial charge is 0.351 e. The molecule has 0 unspecified atom stereocenters. The van der Waals surface area contributed by atoms with Crippen molar-refractivity contribution in [3.8, 4) is 0 Å². The van der Waals surface area contributed by atoms with E-state index < -0.39 is 0 Å². The van der Waals surface area contributed by atoms with Crippen LogP contribution >= 0.6 is 0 Å². The first-order chi connectivity index (χ1) is 7.61. The van der Waals surface area contributed by atoms with Crippen molar-refractivity contribution in [3.63, 3.8) is 0 Å². The van der Waals surface area contributed by atoms with Gasteiger partial charge in [-0.25, -0.2) is 0 Å². The topological polar surface area (TPSA) is 55.1 Å². The van der Waals surface area contributed by atoms with Crippen molar-refractivity contribution in [3.05, 3.63) is 0 Å². The third kappa shape index (κ3) is 3.21. The smallest absolute Gasteiger partial charge is 0.220 e. The number of nitrogens with one attached hydrogen (secondary N) is 1. The third-order valence-corrected chi connectivity index (χ3v) is 4.21. The number of amides is 1. The molecule has 2 aliphatic carbocycles. The second-order valence-corrected chi connectivity index (χ2v) is 5.94. The standard InChI is InChI=1S/C13H24N2O/c1-13(6-7-13)15-12(16)8-10-2-4-11(9-14)5-3-10/h10-11H,2-9,14H2,1H3,(H,15,16). The van der Waals surface area contributed by atoms with Crippen LogP contribution in [-0.2, 0) is 4.79 Å². The molecule has 3 heteroatoms. The van der Waals surface area contributed by atoms with Crippen molar-refractivity contribution in [1.82, 2.24) is 5.32 Å². The number of hydrogen-bond acceptors (Lipinski definition) is 2. The summed E-state index contributed by atoms with van der Waals surface area (Å²) in [7, 11) is 0.